The molecule has 0 aromatic carbocycles. The van der Waals surface area contributed by atoms with Crippen molar-refractivity contribution >= 4 is 33.3 Å². The number of piperidine rings is 1. The SMILES string of the molecule is CCC1CN(c2ncc(Br)cc2Cl)CCC1N. The van der Waals surface area contributed by atoms with Gasteiger partial charge in [0.1, 0.15) is 5.82 Å². The molecular weight excluding hydrogens is 302 g/mol. The number of halogens is 2. The summed E-state index contributed by atoms with van der Waals surface area (Å²) in [7, 11) is 0. The Labute approximate surface area is 115 Å². The van der Waals surface area contributed by atoms with Crippen LogP contribution in [-0.2, 0) is 0 Å². The smallest absolute Gasteiger partial charge is 0.147 e. The maximum Gasteiger partial charge on any atom is 0.147 e. The number of hydrogen-bond acceptors (Lipinski definition) is 3. The summed E-state index contributed by atoms with van der Waals surface area (Å²) in [6.45, 7) is 4.07. The van der Waals surface area contributed by atoms with Crippen molar-refractivity contribution < 1.29 is 0 Å². The molecule has 2 rings (SSSR count). The Balaban J connectivity index is 2.17. The number of nitrogens with two attached hydrogens (primary N) is 1. The lowest BCUT2D eigenvalue weighted by atomic mass is 9.91. The second-order valence-corrected chi connectivity index (χ2v) is 5.85. The molecule has 0 spiro atoms. The molecule has 2 atom stereocenters. The molecule has 2 N–H and O–H groups in total. The predicted molar refractivity (Wildman–Crippen MR) is 75.5 cm³/mol. The minimum atomic E-state index is 0.311. The van der Waals surface area contributed by atoms with Crippen LogP contribution in [0.25, 0.3) is 0 Å². The minimum Gasteiger partial charge on any atom is -0.355 e. The second kappa shape index (κ2) is 5.55. The van der Waals surface area contributed by atoms with Crippen LogP contribution in [0.2, 0.25) is 5.02 Å². The van der Waals surface area contributed by atoms with Crippen LogP contribution in [0.3, 0.4) is 0 Å². The van der Waals surface area contributed by atoms with Crippen molar-refractivity contribution in [3.05, 3.63) is 21.8 Å². The van der Waals surface area contributed by atoms with Gasteiger partial charge in [0.2, 0.25) is 0 Å². The average Bonchev–Trinajstić information content (AvgIpc) is 2.30. The molecule has 3 nitrogen and oxygen atoms in total. The van der Waals surface area contributed by atoms with Gasteiger partial charge in [-0.1, -0.05) is 24.9 Å². The minimum absolute atomic E-state index is 0.311. The monoisotopic (exact) mass is 317 g/mol. The number of anilines is 1. The molecule has 1 aliphatic rings. The van der Waals surface area contributed by atoms with E-state index in [1.807, 2.05) is 6.07 Å². The van der Waals surface area contributed by atoms with Crippen molar-refractivity contribution in [2.75, 3.05) is 18.0 Å². The predicted octanol–water partition coefficient (Wildman–Crippen LogP) is 3.06. The molecule has 2 heterocycles. The van der Waals surface area contributed by atoms with Gasteiger partial charge in [-0.3, -0.25) is 0 Å². The van der Waals surface area contributed by atoms with Gasteiger partial charge in [-0.2, -0.15) is 0 Å². The average molecular weight is 319 g/mol. The van der Waals surface area contributed by atoms with Crippen LogP contribution in [0.1, 0.15) is 19.8 Å². The highest BCUT2D eigenvalue weighted by Gasteiger charge is 2.26. The van der Waals surface area contributed by atoms with Gasteiger partial charge in [0.25, 0.3) is 0 Å². The van der Waals surface area contributed by atoms with E-state index in [0.717, 1.165) is 36.2 Å². The van der Waals surface area contributed by atoms with Crippen LogP contribution in [0.5, 0.6) is 0 Å². The summed E-state index contributed by atoms with van der Waals surface area (Å²) in [5.74, 6) is 1.41. The normalized spacial score (nSPS) is 25.1. The number of aromatic nitrogens is 1. The molecule has 1 aliphatic heterocycles. The van der Waals surface area contributed by atoms with E-state index in [4.69, 9.17) is 17.3 Å². The van der Waals surface area contributed by atoms with Crippen LogP contribution in [0.4, 0.5) is 5.82 Å². The molecule has 2 unspecified atom stereocenters. The lowest BCUT2D eigenvalue weighted by Crippen LogP contribution is -2.47. The van der Waals surface area contributed by atoms with Crippen molar-refractivity contribution in [1.29, 1.82) is 0 Å². The molecule has 1 aromatic heterocycles. The summed E-state index contributed by atoms with van der Waals surface area (Å²) in [5.41, 5.74) is 6.10. The van der Waals surface area contributed by atoms with Gasteiger partial charge in [0.15, 0.2) is 0 Å². The maximum absolute atomic E-state index is 6.22. The molecule has 17 heavy (non-hydrogen) atoms. The molecule has 1 saturated heterocycles. The summed E-state index contributed by atoms with van der Waals surface area (Å²) in [5, 5.41) is 0.699. The van der Waals surface area contributed by atoms with Crippen molar-refractivity contribution in [3.8, 4) is 0 Å². The Morgan fingerprint density at radius 3 is 3.06 bits per heavy atom. The van der Waals surface area contributed by atoms with Crippen LogP contribution < -0.4 is 10.6 Å². The summed E-state index contributed by atoms with van der Waals surface area (Å²) in [6, 6.07) is 2.20. The topological polar surface area (TPSA) is 42.2 Å². The van der Waals surface area contributed by atoms with E-state index in [1.165, 1.54) is 0 Å². The van der Waals surface area contributed by atoms with E-state index in [9.17, 15) is 0 Å². The zero-order valence-electron chi connectivity index (χ0n) is 9.87. The molecule has 0 aliphatic carbocycles. The van der Waals surface area contributed by atoms with Crippen molar-refractivity contribution in [3.63, 3.8) is 0 Å². The lowest BCUT2D eigenvalue weighted by molar-refractivity contribution is 0.347. The second-order valence-electron chi connectivity index (χ2n) is 4.53. The molecule has 94 valence electrons. The third kappa shape index (κ3) is 2.92. The van der Waals surface area contributed by atoms with Crippen molar-refractivity contribution in [2.45, 2.75) is 25.8 Å². The van der Waals surface area contributed by atoms with Gasteiger partial charge in [-0.05, 0) is 34.3 Å². The number of hydrogen-bond donors (Lipinski definition) is 1. The number of pyridine rings is 1. The molecule has 0 amide bonds. The van der Waals surface area contributed by atoms with E-state index in [-0.39, 0.29) is 0 Å². The highest BCUT2D eigenvalue weighted by molar-refractivity contribution is 9.10. The number of rotatable bonds is 2. The van der Waals surface area contributed by atoms with E-state index in [2.05, 4.69) is 32.7 Å². The van der Waals surface area contributed by atoms with Crippen molar-refractivity contribution in [1.82, 2.24) is 4.98 Å². The summed E-state index contributed by atoms with van der Waals surface area (Å²) >= 11 is 9.59. The van der Waals surface area contributed by atoms with Crippen molar-refractivity contribution in [2.24, 2.45) is 11.7 Å². The highest BCUT2D eigenvalue weighted by Crippen LogP contribution is 2.30. The Hall–Kier alpha value is -0.320. The van der Waals surface area contributed by atoms with Gasteiger partial charge < -0.3 is 10.6 Å². The van der Waals surface area contributed by atoms with Crippen LogP contribution >= 0.6 is 27.5 Å². The van der Waals surface area contributed by atoms with Gasteiger partial charge in [-0.15, -0.1) is 0 Å². The number of nitrogens with zero attached hydrogens (tertiary/aromatic N) is 2. The zero-order chi connectivity index (χ0) is 12.4. The van der Waals surface area contributed by atoms with Gasteiger partial charge in [0, 0.05) is 29.8 Å². The molecule has 0 radical (unpaired) electrons. The fourth-order valence-corrected chi connectivity index (χ4v) is 3.06. The summed E-state index contributed by atoms with van der Waals surface area (Å²) in [6.07, 6.45) is 3.90. The van der Waals surface area contributed by atoms with E-state index in [0.29, 0.717) is 17.0 Å². The largest absolute Gasteiger partial charge is 0.355 e. The third-order valence-corrected chi connectivity index (χ3v) is 4.12. The first-order valence-electron chi connectivity index (χ1n) is 5.93. The van der Waals surface area contributed by atoms with Gasteiger partial charge >= 0.3 is 0 Å². The van der Waals surface area contributed by atoms with E-state index >= 15 is 0 Å². The van der Waals surface area contributed by atoms with Crippen LogP contribution in [-0.4, -0.2) is 24.1 Å². The Morgan fingerprint density at radius 1 is 1.65 bits per heavy atom. The van der Waals surface area contributed by atoms with Gasteiger partial charge in [-0.25, -0.2) is 4.98 Å². The van der Waals surface area contributed by atoms with Gasteiger partial charge in [0.05, 0.1) is 5.02 Å². The Kier molecular flexibility index (Phi) is 4.28. The highest BCUT2D eigenvalue weighted by atomic mass is 79.9. The summed E-state index contributed by atoms with van der Waals surface area (Å²) in [4.78, 5) is 6.64. The maximum atomic E-state index is 6.22. The lowest BCUT2D eigenvalue weighted by Gasteiger charge is -2.37. The molecule has 0 bridgehead atoms. The Bertz CT molecular complexity index is 399. The molecule has 1 aromatic rings. The van der Waals surface area contributed by atoms with Crippen LogP contribution in [0, 0.1) is 5.92 Å². The molecular formula is C12H17BrClN3. The summed E-state index contributed by atoms with van der Waals surface area (Å²) < 4.78 is 0.909. The zero-order valence-corrected chi connectivity index (χ0v) is 12.2. The molecule has 5 heteroatoms. The van der Waals surface area contributed by atoms with E-state index < -0.39 is 0 Å². The Morgan fingerprint density at radius 2 is 2.41 bits per heavy atom. The standard InChI is InChI=1S/C12H17BrClN3/c1-2-8-7-17(4-3-11(8)15)12-10(14)5-9(13)6-16-12/h5-6,8,11H,2-4,7,15H2,1H3. The first kappa shape index (κ1) is 13.1. The first-order valence-corrected chi connectivity index (χ1v) is 7.10. The third-order valence-electron chi connectivity index (χ3n) is 3.41. The fraction of sp³-hybridized carbons (Fsp3) is 0.583. The van der Waals surface area contributed by atoms with Crippen LogP contribution in [0.15, 0.2) is 16.7 Å². The molecule has 0 saturated carbocycles. The van der Waals surface area contributed by atoms with E-state index in [1.54, 1.807) is 6.20 Å². The quantitative estimate of drug-likeness (QED) is 0.911. The first-order chi connectivity index (χ1) is 8.11. The molecule has 1 fully saturated rings. The fourth-order valence-electron chi connectivity index (χ4n) is 2.31.